The topological polar surface area (TPSA) is 90.7 Å². The number of likely N-dealkylation sites (tertiary alicyclic amines) is 1. The zero-order chi connectivity index (χ0) is 13.8. The molecule has 0 atom stereocenters. The number of hydrogen-bond acceptors (Lipinski definition) is 4. The maximum atomic E-state index is 12.3. The molecule has 6 nitrogen and oxygen atoms in total. The molecule has 2 heterocycles. The van der Waals surface area contributed by atoms with E-state index in [9.17, 15) is 9.59 Å². The summed E-state index contributed by atoms with van der Waals surface area (Å²) in [5, 5.41) is 18.1. The lowest BCUT2D eigenvalue weighted by atomic mass is 9.97. The van der Waals surface area contributed by atoms with Crippen LogP contribution in [0.4, 0.5) is 0 Å². The number of rotatable bonds is 3. The van der Waals surface area contributed by atoms with E-state index in [-0.39, 0.29) is 29.7 Å². The summed E-state index contributed by atoms with van der Waals surface area (Å²) in [6.45, 7) is 1.19. The highest BCUT2D eigenvalue weighted by atomic mass is 16.4. The van der Waals surface area contributed by atoms with Crippen LogP contribution in [-0.4, -0.2) is 51.7 Å². The number of aliphatic hydroxyl groups excluding tert-OH is 1. The molecule has 1 amide bonds. The van der Waals surface area contributed by atoms with Gasteiger partial charge >= 0.3 is 5.97 Å². The van der Waals surface area contributed by atoms with Crippen molar-refractivity contribution in [2.75, 3.05) is 19.7 Å². The smallest absolute Gasteiger partial charge is 0.338 e. The molecule has 2 N–H and O–H groups in total. The first-order chi connectivity index (χ1) is 9.13. The van der Waals surface area contributed by atoms with Gasteiger partial charge in [0, 0.05) is 25.9 Å². The number of hydrogen-bond donors (Lipinski definition) is 2. The molecule has 0 saturated carbocycles. The molecule has 0 unspecified atom stereocenters. The summed E-state index contributed by atoms with van der Waals surface area (Å²) < 4.78 is 0. The molecule has 1 aliphatic heterocycles. The number of carboxylic acid groups (broad SMARTS) is 1. The van der Waals surface area contributed by atoms with E-state index in [2.05, 4.69) is 4.98 Å². The highest BCUT2D eigenvalue weighted by molar-refractivity contribution is 6.03. The van der Waals surface area contributed by atoms with Crippen LogP contribution in [0.15, 0.2) is 18.3 Å². The fourth-order valence-electron chi connectivity index (χ4n) is 2.22. The van der Waals surface area contributed by atoms with Gasteiger partial charge in [-0.15, -0.1) is 0 Å². The molecule has 19 heavy (non-hydrogen) atoms. The minimum atomic E-state index is -1.15. The van der Waals surface area contributed by atoms with Crippen molar-refractivity contribution < 1.29 is 19.8 Å². The summed E-state index contributed by atoms with van der Waals surface area (Å²) in [6, 6.07) is 2.88. The van der Waals surface area contributed by atoms with Gasteiger partial charge in [-0.05, 0) is 30.9 Å². The number of nitrogens with zero attached hydrogens (tertiary/aromatic N) is 2. The van der Waals surface area contributed by atoms with Gasteiger partial charge in [0.1, 0.15) is 5.69 Å². The molecule has 1 aromatic rings. The van der Waals surface area contributed by atoms with Gasteiger partial charge in [0.15, 0.2) is 0 Å². The number of aliphatic hydroxyl groups is 1. The first-order valence-corrected chi connectivity index (χ1v) is 6.22. The molecule has 1 aliphatic rings. The van der Waals surface area contributed by atoms with Crippen LogP contribution in [0.5, 0.6) is 0 Å². The molecule has 102 valence electrons. The largest absolute Gasteiger partial charge is 0.478 e. The Kier molecular flexibility index (Phi) is 4.11. The van der Waals surface area contributed by atoms with Gasteiger partial charge in [0.25, 0.3) is 5.91 Å². The molecule has 0 bridgehead atoms. The number of amides is 1. The van der Waals surface area contributed by atoms with Crippen LogP contribution >= 0.6 is 0 Å². The predicted octanol–water partition coefficient (Wildman–Crippen LogP) is 0.624. The third-order valence-electron chi connectivity index (χ3n) is 3.40. The zero-order valence-corrected chi connectivity index (χ0v) is 10.5. The lowest BCUT2D eigenvalue weighted by Gasteiger charge is -2.31. The Labute approximate surface area is 110 Å². The van der Waals surface area contributed by atoms with Crippen molar-refractivity contribution in [2.45, 2.75) is 12.8 Å². The minimum absolute atomic E-state index is 0.0163. The SMILES string of the molecule is O=C(O)c1cccnc1C(=O)N1CCC(CO)CC1. The van der Waals surface area contributed by atoms with E-state index >= 15 is 0 Å². The van der Waals surface area contributed by atoms with E-state index in [0.29, 0.717) is 13.1 Å². The van der Waals surface area contributed by atoms with Crippen molar-refractivity contribution in [3.63, 3.8) is 0 Å². The maximum Gasteiger partial charge on any atom is 0.338 e. The van der Waals surface area contributed by atoms with Crippen LogP contribution in [0.3, 0.4) is 0 Å². The second-order valence-corrected chi connectivity index (χ2v) is 4.62. The minimum Gasteiger partial charge on any atom is -0.478 e. The van der Waals surface area contributed by atoms with Crippen molar-refractivity contribution in [2.24, 2.45) is 5.92 Å². The molecule has 2 rings (SSSR count). The van der Waals surface area contributed by atoms with E-state index in [4.69, 9.17) is 10.2 Å². The average molecular weight is 264 g/mol. The monoisotopic (exact) mass is 264 g/mol. The molecule has 0 spiro atoms. The van der Waals surface area contributed by atoms with Gasteiger partial charge in [0.2, 0.25) is 0 Å². The van der Waals surface area contributed by atoms with Crippen LogP contribution in [0.2, 0.25) is 0 Å². The molecule has 0 radical (unpaired) electrons. The molecule has 1 saturated heterocycles. The van der Waals surface area contributed by atoms with Crippen molar-refractivity contribution in [1.29, 1.82) is 0 Å². The molecule has 1 fully saturated rings. The summed E-state index contributed by atoms with van der Waals surface area (Å²) >= 11 is 0. The van der Waals surface area contributed by atoms with Crippen molar-refractivity contribution >= 4 is 11.9 Å². The Hall–Kier alpha value is -1.95. The Morgan fingerprint density at radius 2 is 2.05 bits per heavy atom. The second kappa shape index (κ2) is 5.79. The first kappa shape index (κ1) is 13.5. The fraction of sp³-hybridized carbons (Fsp3) is 0.462. The summed E-state index contributed by atoms with van der Waals surface area (Å²) in [7, 11) is 0. The van der Waals surface area contributed by atoms with E-state index in [1.54, 1.807) is 4.90 Å². The highest BCUT2D eigenvalue weighted by Gasteiger charge is 2.26. The van der Waals surface area contributed by atoms with Crippen LogP contribution in [0.25, 0.3) is 0 Å². The van der Waals surface area contributed by atoms with Crippen LogP contribution < -0.4 is 0 Å². The fourth-order valence-corrected chi connectivity index (χ4v) is 2.22. The van der Waals surface area contributed by atoms with Crippen molar-refractivity contribution in [1.82, 2.24) is 9.88 Å². The summed E-state index contributed by atoms with van der Waals surface area (Å²) in [5.41, 5.74) is -0.0887. The summed E-state index contributed by atoms with van der Waals surface area (Å²) in [5.74, 6) is -1.28. The molecule has 6 heteroatoms. The number of piperidine rings is 1. The standard InChI is InChI=1S/C13H16N2O4/c16-8-9-3-6-15(7-4-9)12(17)11-10(13(18)19)2-1-5-14-11/h1-2,5,9,16H,3-4,6-8H2,(H,18,19). The number of carbonyl (C=O) groups is 2. The van der Waals surface area contributed by atoms with Crippen LogP contribution in [0, 0.1) is 5.92 Å². The van der Waals surface area contributed by atoms with Crippen LogP contribution in [-0.2, 0) is 0 Å². The van der Waals surface area contributed by atoms with E-state index in [1.165, 1.54) is 18.3 Å². The van der Waals surface area contributed by atoms with E-state index < -0.39 is 5.97 Å². The number of pyridine rings is 1. The maximum absolute atomic E-state index is 12.3. The number of aromatic nitrogens is 1. The van der Waals surface area contributed by atoms with Gasteiger partial charge in [0.05, 0.1) is 5.56 Å². The van der Waals surface area contributed by atoms with Crippen molar-refractivity contribution in [3.8, 4) is 0 Å². The van der Waals surface area contributed by atoms with Gasteiger partial charge in [-0.1, -0.05) is 0 Å². The third kappa shape index (κ3) is 2.90. The van der Waals surface area contributed by atoms with Gasteiger partial charge in [-0.2, -0.15) is 0 Å². The molecule has 1 aromatic heterocycles. The highest BCUT2D eigenvalue weighted by Crippen LogP contribution is 2.19. The zero-order valence-electron chi connectivity index (χ0n) is 10.5. The van der Waals surface area contributed by atoms with E-state index in [1.807, 2.05) is 0 Å². The average Bonchev–Trinajstić information content (AvgIpc) is 2.46. The molecule has 0 aliphatic carbocycles. The molecular weight excluding hydrogens is 248 g/mol. The number of aromatic carboxylic acids is 1. The first-order valence-electron chi connectivity index (χ1n) is 6.22. The second-order valence-electron chi connectivity index (χ2n) is 4.62. The van der Waals surface area contributed by atoms with Crippen molar-refractivity contribution in [3.05, 3.63) is 29.6 Å². The van der Waals surface area contributed by atoms with Crippen LogP contribution in [0.1, 0.15) is 33.7 Å². The summed E-state index contributed by atoms with van der Waals surface area (Å²) in [4.78, 5) is 28.8. The molecule has 0 aromatic carbocycles. The Morgan fingerprint density at radius 3 is 2.63 bits per heavy atom. The Balaban J connectivity index is 2.15. The lowest BCUT2D eigenvalue weighted by Crippen LogP contribution is -2.40. The quantitative estimate of drug-likeness (QED) is 0.835. The number of carboxylic acids is 1. The molecular formula is C13H16N2O4. The van der Waals surface area contributed by atoms with Gasteiger partial charge < -0.3 is 15.1 Å². The van der Waals surface area contributed by atoms with Gasteiger partial charge in [-0.3, -0.25) is 9.78 Å². The Bertz CT molecular complexity index is 481. The summed E-state index contributed by atoms with van der Waals surface area (Å²) in [6.07, 6.45) is 2.88. The normalized spacial score (nSPS) is 16.4. The predicted molar refractivity (Wildman–Crippen MR) is 66.9 cm³/mol. The lowest BCUT2D eigenvalue weighted by molar-refractivity contribution is 0.0621. The van der Waals surface area contributed by atoms with E-state index in [0.717, 1.165) is 12.8 Å². The van der Waals surface area contributed by atoms with Gasteiger partial charge in [-0.25, -0.2) is 4.79 Å². The third-order valence-corrected chi connectivity index (χ3v) is 3.40. The Morgan fingerprint density at radius 1 is 1.37 bits per heavy atom. The number of carbonyl (C=O) groups excluding carboxylic acids is 1.